The lowest BCUT2D eigenvalue weighted by Crippen LogP contribution is -2.42. The summed E-state index contributed by atoms with van der Waals surface area (Å²) in [6.07, 6.45) is 1.29. The van der Waals surface area contributed by atoms with E-state index in [4.69, 9.17) is 0 Å². The lowest BCUT2D eigenvalue weighted by atomic mass is 10.1. The minimum Gasteiger partial charge on any atom is -0.300 e. The largest absolute Gasteiger partial charge is 0.331 e. The predicted molar refractivity (Wildman–Crippen MR) is 93.4 cm³/mol. The van der Waals surface area contributed by atoms with Gasteiger partial charge in [-0.25, -0.2) is 9.78 Å². The van der Waals surface area contributed by atoms with E-state index in [1.54, 1.807) is 11.6 Å². The number of benzene rings is 1. The van der Waals surface area contributed by atoms with E-state index in [1.807, 2.05) is 38.1 Å². The Morgan fingerprint density at radius 2 is 1.87 bits per heavy atom. The SMILES string of the molecule is CCc1c(CC)n(C)c(=O)n(Cc2nc3ccccc3s2)c1=O. The van der Waals surface area contributed by atoms with Crippen molar-refractivity contribution in [3.05, 3.63) is 61.4 Å². The lowest BCUT2D eigenvalue weighted by molar-refractivity contribution is 0.602. The van der Waals surface area contributed by atoms with Crippen molar-refractivity contribution in [3.63, 3.8) is 0 Å². The first-order valence-electron chi connectivity index (χ1n) is 7.72. The van der Waals surface area contributed by atoms with E-state index in [2.05, 4.69) is 4.98 Å². The number of fused-ring (bicyclic) bond motifs is 1. The van der Waals surface area contributed by atoms with Crippen LogP contribution in [0.2, 0.25) is 0 Å². The molecule has 0 bridgehead atoms. The Labute approximate surface area is 137 Å². The van der Waals surface area contributed by atoms with E-state index >= 15 is 0 Å². The van der Waals surface area contributed by atoms with Gasteiger partial charge < -0.3 is 4.57 Å². The van der Waals surface area contributed by atoms with Crippen LogP contribution in [0.3, 0.4) is 0 Å². The van der Waals surface area contributed by atoms with Gasteiger partial charge in [-0.05, 0) is 25.0 Å². The zero-order valence-corrected chi connectivity index (χ0v) is 14.3. The molecule has 23 heavy (non-hydrogen) atoms. The second-order valence-corrected chi connectivity index (χ2v) is 6.56. The van der Waals surface area contributed by atoms with E-state index in [-0.39, 0.29) is 17.8 Å². The van der Waals surface area contributed by atoms with Crippen LogP contribution in [0, 0.1) is 0 Å². The first-order chi connectivity index (χ1) is 11.1. The van der Waals surface area contributed by atoms with Gasteiger partial charge in [0, 0.05) is 18.3 Å². The minimum atomic E-state index is -0.275. The van der Waals surface area contributed by atoms with Crippen molar-refractivity contribution < 1.29 is 0 Å². The first-order valence-corrected chi connectivity index (χ1v) is 8.54. The topological polar surface area (TPSA) is 56.9 Å². The van der Waals surface area contributed by atoms with E-state index in [0.29, 0.717) is 12.8 Å². The summed E-state index contributed by atoms with van der Waals surface area (Å²) in [6, 6.07) is 7.83. The van der Waals surface area contributed by atoms with Crippen LogP contribution < -0.4 is 11.2 Å². The van der Waals surface area contributed by atoms with Crippen molar-refractivity contribution >= 4 is 21.6 Å². The van der Waals surface area contributed by atoms with Crippen LogP contribution in [0.4, 0.5) is 0 Å². The Morgan fingerprint density at radius 1 is 1.13 bits per heavy atom. The Kier molecular flexibility index (Phi) is 4.17. The Balaban J connectivity index is 2.14. The van der Waals surface area contributed by atoms with Crippen molar-refractivity contribution in [3.8, 4) is 0 Å². The van der Waals surface area contributed by atoms with Gasteiger partial charge in [0.25, 0.3) is 5.56 Å². The van der Waals surface area contributed by atoms with Crippen LogP contribution in [0.1, 0.15) is 30.1 Å². The summed E-state index contributed by atoms with van der Waals surface area (Å²) in [5.74, 6) is 0. The summed E-state index contributed by atoms with van der Waals surface area (Å²) in [5, 5.41) is 0.775. The highest BCUT2D eigenvalue weighted by molar-refractivity contribution is 7.18. The van der Waals surface area contributed by atoms with Crippen molar-refractivity contribution in [2.45, 2.75) is 33.2 Å². The third-order valence-electron chi connectivity index (χ3n) is 4.09. The predicted octanol–water partition coefficient (Wildman–Crippen LogP) is 2.33. The van der Waals surface area contributed by atoms with Gasteiger partial charge in [-0.15, -0.1) is 11.3 Å². The van der Waals surface area contributed by atoms with Crippen LogP contribution in [0.5, 0.6) is 0 Å². The first kappa shape index (κ1) is 15.7. The Morgan fingerprint density at radius 3 is 2.52 bits per heavy atom. The molecule has 120 valence electrons. The molecule has 1 aromatic carbocycles. The van der Waals surface area contributed by atoms with Gasteiger partial charge in [0.15, 0.2) is 0 Å². The monoisotopic (exact) mass is 329 g/mol. The van der Waals surface area contributed by atoms with Crippen molar-refractivity contribution in [1.82, 2.24) is 14.1 Å². The Bertz CT molecular complexity index is 949. The number of para-hydroxylation sites is 1. The molecule has 0 aliphatic carbocycles. The molecule has 0 saturated carbocycles. The molecule has 2 heterocycles. The van der Waals surface area contributed by atoms with Crippen molar-refractivity contribution in [2.75, 3.05) is 0 Å². The molecule has 0 saturated heterocycles. The molecule has 3 rings (SSSR count). The van der Waals surface area contributed by atoms with Crippen molar-refractivity contribution in [2.24, 2.45) is 7.05 Å². The molecule has 0 unspecified atom stereocenters. The zero-order chi connectivity index (χ0) is 16.6. The Hall–Kier alpha value is -2.21. The summed E-state index contributed by atoms with van der Waals surface area (Å²) in [6.45, 7) is 4.13. The van der Waals surface area contributed by atoms with Gasteiger partial charge in [-0.1, -0.05) is 26.0 Å². The standard InChI is InChI=1S/C17H19N3O2S/c1-4-11-13(5-2)19(3)17(22)20(16(11)21)10-15-18-12-8-6-7-9-14(12)23-15/h6-9H,4-5,10H2,1-3H3. The summed E-state index contributed by atoms with van der Waals surface area (Å²) in [4.78, 5) is 29.8. The smallest absolute Gasteiger partial charge is 0.300 e. The van der Waals surface area contributed by atoms with Crippen LogP contribution in [-0.2, 0) is 26.4 Å². The molecule has 6 heteroatoms. The van der Waals surface area contributed by atoms with Crippen LogP contribution >= 0.6 is 11.3 Å². The number of hydrogen-bond donors (Lipinski definition) is 0. The number of hydrogen-bond acceptors (Lipinski definition) is 4. The zero-order valence-electron chi connectivity index (χ0n) is 13.5. The fourth-order valence-electron chi connectivity index (χ4n) is 2.94. The maximum atomic E-state index is 12.7. The van der Waals surface area contributed by atoms with Gasteiger partial charge >= 0.3 is 5.69 Å². The summed E-state index contributed by atoms with van der Waals surface area (Å²) >= 11 is 1.52. The summed E-state index contributed by atoms with van der Waals surface area (Å²) < 4.78 is 3.96. The molecule has 0 atom stereocenters. The molecule has 0 spiro atoms. The van der Waals surface area contributed by atoms with Gasteiger partial charge in [-0.2, -0.15) is 0 Å². The summed E-state index contributed by atoms with van der Waals surface area (Å²) in [5.41, 5.74) is 1.98. The van der Waals surface area contributed by atoms with Gasteiger partial charge in [0.2, 0.25) is 0 Å². The highest BCUT2D eigenvalue weighted by Gasteiger charge is 2.16. The molecule has 0 radical (unpaired) electrons. The molecule has 0 aliphatic heterocycles. The highest BCUT2D eigenvalue weighted by atomic mass is 32.1. The molecule has 2 aromatic heterocycles. The fraction of sp³-hybridized carbons (Fsp3) is 0.353. The van der Waals surface area contributed by atoms with E-state index < -0.39 is 0 Å². The molecule has 0 fully saturated rings. The van der Waals surface area contributed by atoms with Crippen LogP contribution in [-0.4, -0.2) is 14.1 Å². The minimum absolute atomic E-state index is 0.188. The third-order valence-corrected chi connectivity index (χ3v) is 5.12. The molecule has 0 amide bonds. The van der Waals surface area contributed by atoms with Crippen LogP contribution in [0.25, 0.3) is 10.2 Å². The van der Waals surface area contributed by atoms with E-state index in [0.717, 1.165) is 26.5 Å². The van der Waals surface area contributed by atoms with E-state index in [1.165, 1.54) is 15.9 Å². The average Bonchev–Trinajstić information content (AvgIpc) is 2.97. The number of rotatable bonds is 4. The number of nitrogens with zero attached hydrogens (tertiary/aromatic N) is 3. The molecule has 0 N–H and O–H groups in total. The molecular formula is C17H19N3O2S. The highest BCUT2D eigenvalue weighted by Crippen LogP contribution is 2.21. The van der Waals surface area contributed by atoms with Gasteiger partial charge in [-0.3, -0.25) is 9.36 Å². The quantitative estimate of drug-likeness (QED) is 0.738. The molecule has 3 aromatic rings. The molecular weight excluding hydrogens is 310 g/mol. The van der Waals surface area contributed by atoms with Gasteiger partial charge in [0.05, 0.1) is 16.8 Å². The van der Waals surface area contributed by atoms with Crippen LogP contribution in [0.15, 0.2) is 33.9 Å². The normalized spacial score (nSPS) is 11.3. The van der Waals surface area contributed by atoms with E-state index in [9.17, 15) is 9.59 Å². The maximum absolute atomic E-state index is 12.7. The third kappa shape index (κ3) is 2.63. The number of thiazole rings is 1. The van der Waals surface area contributed by atoms with Crippen molar-refractivity contribution in [1.29, 1.82) is 0 Å². The second kappa shape index (κ2) is 6.12. The van der Waals surface area contributed by atoms with Gasteiger partial charge in [0.1, 0.15) is 5.01 Å². The molecule has 5 nitrogen and oxygen atoms in total. The fourth-order valence-corrected chi connectivity index (χ4v) is 3.90. The summed E-state index contributed by atoms with van der Waals surface area (Å²) in [7, 11) is 1.73. The maximum Gasteiger partial charge on any atom is 0.331 e. The second-order valence-electron chi connectivity index (χ2n) is 5.44. The number of aromatic nitrogens is 3. The molecule has 0 aliphatic rings. The lowest BCUT2D eigenvalue weighted by Gasteiger charge is -2.14. The average molecular weight is 329 g/mol.